The lowest BCUT2D eigenvalue weighted by atomic mass is 10.4. The monoisotopic (exact) mass is 334 g/mol. The van der Waals surface area contributed by atoms with Crippen LogP contribution in [0.5, 0.6) is 0 Å². The molecule has 0 amide bonds. The molecule has 0 spiro atoms. The van der Waals surface area contributed by atoms with Crippen LogP contribution in [0.4, 0.5) is 0 Å². The molecule has 0 atom stereocenters. The molecule has 0 radical (unpaired) electrons. The van der Waals surface area contributed by atoms with Gasteiger partial charge in [0, 0.05) is 0 Å². The Morgan fingerprint density at radius 2 is 1.04 bits per heavy atom. The number of methoxy groups -OCH3 is 1. The molecule has 0 bridgehead atoms. The van der Waals surface area contributed by atoms with Crippen molar-refractivity contribution in [1.29, 1.82) is 0 Å². The second kappa shape index (κ2) is 7.33. The zero-order valence-electron chi connectivity index (χ0n) is 13.5. The predicted molar refractivity (Wildman–Crippen MR) is 100 cm³/mol. The van der Waals surface area contributed by atoms with E-state index in [1.54, 1.807) is 5.82 Å². The summed E-state index contributed by atoms with van der Waals surface area (Å²) in [5.74, 6) is 1.47. The molecule has 0 fully saturated rings. The summed E-state index contributed by atoms with van der Waals surface area (Å²) in [4.78, 5) is 0. The second-order valence-electron chi connectivity index (χ2n) is 5.38. The second-order valence-corrected chi connectivity index (χ2v) is 8.63. The lowest BCUT2D eigenvalue weighted by molar-refractivity contribution is -0.352. The van der Waals surface area contributed by atoms with Crippen molar-refractivity contribution < 1.29 is 9.84 Å². The van der Waals surface area contributed by atoms with Gasteiger partial charge in [-0.25, -0.2) is 0 Å². The Balaban J connectivity index is 2.37. The molecule has 0 unspecified atom stereocenters. The van der Waals surface area contributed by atoms with Crippen LogP contribution >= 0.6 is 7.26 Å². The number of rotatable bonds is 5. The molecular weight excluding hydrogens is 315 g/mol. The highest BCUT2D eigenvalue weighted by atomic mass is 31.2. The summed E-state index contributed by atoms with van der Waals surface area (Å²) in [5, 5.41) is 15.7. The van der Waals surface area contributed by atoms with Crippen molar-refractivity contribution in [2.75, 3.05) is 7.11 Å². The maximum atomic E-state index is 12.3. The van der Waals surface area contributed by atoms with E-state index >= 15 is 0 Å². The Morgan fingerprint density at radius 3 is 1.33 bits per heavy atom. The van der Waals surface area contributed by atoms with Crippen LogP contribution in [0.1, 0.15) is 0 Å². The summed E-state index contributed by atoms with van der Waals surface area (Å²) < 4.78 is 5.00. The molecule has 3 aromatic carbocycles. The summed E-state index contributed by atoms with van der Waals surface area (Å²) >= 11 is 0. The SMILES string of the molecule is CO/C([O-])=C/[P+](c1ccccc1)(c1ccccc1)c1ccccc1. The van der Waals surface area contributed by atoms with Crippen LogP contribution in [0, 0.1) is 0 Å². The summed E-state index contributed by atoms with van der Waals surface area (Å²) in [5.41, 5.74) is 0. The van der Waals surface area contributed by atoms with E-state index in [-0.39, 0.29) is 5.95 Å². The van der Waals surface area contributed by atoms with Crippen LogP contribution in [-0.2, 0) is 4.74 Å². The maximum absolute atomic E-state index is 12.3. The number of benzene rings is 3. The Kier molecular flexibility index (Phi) is 4.98. The van der Waals surface area contributed by atoms with E-state index in [1.807, 2.05) is 54.6 Å². The molecule has 2 nitrogen and oxygen atoms in total. The van der Waals surface area contributed by atoms with Gasteiger partial charge in [0.05, 0.1) is 11.8 Å². The van der Waals surface area contributed by atoms with Crippen LogP contribution in [0.3, 0.4) is 0 Å². The molecule has 0 aromatic heterocycles. The number of hydrogen-bond acceptors (Lipinski definition) is 2. The topological polar surface area (TPSA) is 32.3 Å². The minimum atomic E-state index is -2.23. The first-order valence-corrected chi connectivity index (χ1v) is 9.62. The van der Waals surface area contributed by atoms with Gasteiger partial charge < -0.3 is 9.84 Å². The van der Waals surface area contributed by atoms with Gasteiger partial charge in [0.1, 0.15) is 23.2 Å². The summed E-state index contributed by atoms with van der Waals surface area (Å²) in [6.07, 6.45) is 0. The largest absolute Gasteiger partial charge is 0.614 e. The highest BCUT2D eigenvalue weighted by molar-refractivity contribution is 7.98. The average molecular weight is 334 g/mol. The van der Waals surface area contributed by atoms with E-state index in [2.05, 4.69) is 36.4 Å². The van der Waals surface area contributed by atoms with Gasteiger partial charge in [0.2, 0.25) is 0 Å². The fourth-order valence-corrected chi connectivity index (χ4v) is 6.56. The Bertz CT molecular complexity index is 702. The smallest absolute Gasteiger partial charge is 0.138 e. The van der Waals surface area contributed by atoms with Crippen LogP contribution in [0.25, 0.3) is 0 Å². The fraction of sp³-hybridized carbons (Fsp3) is 0.0476. The van der Waals surface area contributed by atoms with Crippen molar-refractivity contribution in [2.45, 2.75) is 0 Å². The van der Waals surface area contributed by atoms with Crippen molar-refractivity contribution in [3.63, 3.8) is 0 Å². The molecule has 24 heavy (non-hydrogen) atoms. The van der Waals surface area contributed by atoms with E-state index in [4.69, 9.17) is 4.74 Å². The molecule has 3 heteroatoms. The third-order valence-corrected chi connectivity index (χ3v) is 7.93. The van der Waals surface area contributed by atoms with Crippen molar-refractivity contribution in [2.24, 2.45) is 0 Å². The van der Waals surface area contributed by atoms with Gasteiger partial charge in [-0.3, -0.25) is 0 Å². The van der Waals surface area contributed by atoms with Crippen molar-refractivity contribution in [3.05, 3.63) is 103 Å². The molecule has 0 aliphatic rings. The lowest BCUT2D eigenvalue weighted by Crippen LogP contribution is -2.30. The maximum Gasteiger partial charge on any atom is 0.138 e. The van der Waals surface area contributed by atoms with Gasteiger partial charge in [0.25, 0.3) is 0 Å². The molecule has 120 valence electrons. The molecule has 3 aromatic rings. The van der Waals surface area contributed by atoms with Gasteiger partial charge in [-0.1, -0.05) is 54.6 Å². The minimum absolute atomic E-state index is 0.306. The molecule has 0 saturated carbocycles. The van der Waals surface area contributed by atoms with E-state index in [9.17, 15) is 5.11 Å². The molecule has 0 heterocycles. The van der Waals surface area contributed by atoms with Crippen LogP contribution < -0.4 is 21.0 Å². The molecule has 3 rings (SSSR count). The normalized spacial score (nSPS) is 12.0. The van der Waals surface area contributed by atoms with Gasteiger partial charge >= 0.3 is 0 Å². The van der Waals surface area contributed by atoms with E-state index in [1.165, 1.54) is 7.11 Å². The van der Waals surface area contributed by atoms with Gasteiger partial charge in [-0.2, -0.15) is 0 Å². The van der Waals surface area contributed by atoms with Crippen LogP contribution in [-0.4, -0.2) is 7.11 Å². The highest BCUT2D eigenvalue weighted by Crippen LogP contribution is 2.57. The van der Waals surface area contributed by atoms with Crippen LogP contribution in [0.15, 0.2) is 103 Å². The molecular formula is C21H19O2P. The first-order valence-electron chi connectivity index (χ1n) is 7.77. The molecule has 0 aliphatic heterocycles. The van der Waals surface area contributed by atoms with Crippen molar-refractivity contribution >= 4 is 23.2 Å². The molecule has 0 N–H and O–H groups in total. The standard InChI is InChI=1S/C21H19O2P/c1-23-21(22)17-24(18-11-5-2-6-12-18,19-13-7-3-8-14-19)20-15-9-4-10-16-20/h2-17H,1H3/b21-17+. The summed E-state index contributed by atoms with van der Waals surface area (Å²) in [6, 6.07) is 30.6. The summed E-state index contributed by atoms with van der Waals surface area (Å²) in [7, 11) is -0.800. The first kappa shape index (κ1) is 16.3. The zero-order chi connectivity index (χ0) is 16.8. The fourth-order valence-electron chi connectivity index (χ4n) is 2.87. The van der Waals surface area contributed by atoms with Gasteiger partial charge in [0.15, 0.2) is 0 Å². The average Bonchev–Trinajstić information content (AvgIpc) is 2.68. The van der Waals surface area contributed by atoms with Gasteiger partial charge in [-0.05, 0) is 43.5 Å². The first-order chi connectivity index (χ1) is 11.8. The van der Waals surface area contributed by atoms with E-state index in [0.717, 1.165) is 15.9 Å². The van der Waals surface area contributed by atoms with E-state index < -0.39 is 7.26 Å². The van der Waals surface area contributed by atoms with Crippen molar-refractivity contribution in [3.8, 4) is 0 Å². The molecule has 0 aliphatic carbocycles. The quantitative estimate of drug-likeness (QED) is 0.531. The third-order valence-electron chi connectivity index (χ3n) is 3.99. The number of ether oxygens (including phenoxy) is 1. The minimum Gasteiger partial charge on any atom is -0.614 e. The Hall–Kier alpha value is -2.57. The number of hydrogen-bond donors (Lipinski definition) is 0. The highest BCUT2D eigenvalue weighted by Gasteiger charge is 2.43. The lowest BCUT2D eigenvalue weighted by Gasteiger charge is -2.25. The molecule has 0 saturated heterocycles. The zero-order valence-corrected chi connectivity index (χ0v) is 14.4. The Labute approximate surface area is 143 Å². The van der Waals surface area contributed by atoms with Gasteiger partial charge in [-0.15, -0.1) is 0 Å². The predicted octanol–water partition coefficient (Wildman–Crippen LogP) is 2.79. The Morgan fingerprint density at radius 1 is 0.708 bits per heavy atom. The third kappa shape index (κ3) is 3.06. The summed E-state index contributed by atoms with van der Waals surface area (Å²) in [6.45, 7) is 0. The van der Waals surface area contributed by atoms with E-state index in [0.29, 0.717) is 0 Å². The van der Waals surface area contributed by atoms with Crippen LogP contribution in [0.2, 0.25) is 0 Å². The van der Waals surface area contributed by atoms with Crippen molar-refractivity contribution in [1.82, 2.24) is 0 Å².